The van der Waals surface area contributed by atoms with Gasteiger partial charge in [0.25, 0.3) is 0 Å². The molecular weight excluding hydrogens is 301 g/mol. The number of carbonyl (C=O) groups is 2. The average molecular weight is 318 g/mol. The van der Waals surface area contributed by atoms with Crippen LogP contribution in [0.1, 0.15) is 25.3 Å². The highest BCUT2D eigenvalue weighted by atomic mass is 35.5. The third-order valence-corrected chi connectivity index (χ3v) is 3.38. The van der Waals surface area contributed by atoms with E-state index in [4.69, 9.17) is 28.3 Å². The van der Waals surface area contributed by atoms with Crippen molar-refractivity contribution in [3.63, 3.8) is 0 Å². The summed E-state index contributed by atoms with van der Waals surface area (Å²) in [5.41, 5.74) is 0.830. The average Bonchev–Trinajstić information content (AvgIpc) is 2.36. The number of aryl methyl sites for hydroxylation is 1. The molecule has 4 nitrogen and oxygen atoms in total. The first-order valence-corrected chi connectivity index (χ1v) is 7.13. The van der Waals surface area contributed by atoms with Crippen LogP contribution in [0.4, 0.5) is 0 Å². The van der Waals surface area contributed by atoms with Gasteiger partial charge < -0.3 is 10.0 Å². The topological polar surface area (TPSA) is 57.6 Å². The number of carbonyl (C=O) groups excluding carboxylic acids is 1. The maximum Gasteiger partial charge on any atom is 0.323 e. The Morgan fingerprint density at radius 3 is 2.55 bits per heavy atom. The summed E-state index contributed by atoms with van der Waals surface area (Å²) in [5, 5.41) is 9.85. The fourth-order valence-electron chi connectivity index (χ4n) is 1.85. The zero-order valence-electron chi connectivity index (χ0n) is 11.2. The molecule has 0 aliphatic rings. The second-order valence-electron chi connectivity index (χ2n) is 4.44. The molecule has 0 aliphatic carbocycles. The molecule has 0 bridgehead atoms. The van der Waals surface area contributed by atoms with Crippen LogP contribution in [0.15, 0.2) is 18.2 Å². The van der Waals surface area contributed by atoms with Crippen LogP contribution in [0.25, 0.3) is 0 Å². The maximum absolute atomic E-state index is 12.0. The zero-order chi connectivity index (χ0) is 15.1. The lowest BCUT2D eigenvalue weighted by molar-refractivity contribution is -0.144. The van der Waals surface area contributed by atoms with Gasteiger partial charge >= 0.3 is 5.97 Å². The molecule has 0 spiro atoms. The van der Waals surface area contributed by atoms with Crippen LogP contribution in [0.2, 0.25) is 10.0 Å². The van der Waals surface area contributed by atoms with Crippen molar-refractivity contribution < 1.29 is 14.7 Å². The summed E-state index contributed by atoms with van der Waals surface area (Å²) < 4.78 is 0. The minimum absolute atomic E-state index is 0.180. The molecule has 0 heterocycles. The van der Waals surface area contributed by atoms with Crippen molar-refractivity contribution in [2.45, 2.75) is 26.2 Å². The molecule has 0 aliphatic heterocycles. The molecule has 0 aromatic heterocycles. The summed E-state index contributed by atoms with van der Waals surface area (Å²) >= 11 is 11.8. The Bertz CT molecular complexity index is 491. The molecular formula is C14H17Cl2NO3. The monoisotopic (exact) mass is 317 g/mol. The van der Waals surface area contributed by atoms with E-state index in [-0.39, 0.29) is 18.9 Å². The number of hydrogen-bond acceptors (Lipinski definition) is 2. The fourth-order valence-corrected chi connectivity index (χ4v) is 2.35. The van der Waals surface area contributed by atoms with E-state index in [1.165, 1.54) is 4.90 Å². The van der Waals surface area contributed by atoms with Gasteiger partial charge in [0.05, 0.1) is 0 Å². The van der Waals surface area contributed by atoms with Gasteiger partial charge in [-0.1, -0.05) is 36.2 Å². The molecule has 1 rings (SSSR count). The van der Waals surface area contributed by atoms with Crippen molar-refractivity contribution in [1.82, 2.24) is 4.90 Å². The first-order chi connectivity index (χ1) is 9.43. The standard InChI is InChI=1S/C14H17Cl2NO3/c1-2-7-17(9-14(19)20)13(18)6-4-10-3-5-11(15)8-12(10)16/h3,5,8H,2,4,6-7,9H2,1H3,(H,19,20). The first kappa shape index (κ1) is 16.8. The molecule has 0 saturated heterocycles. The van der Waals surface area contributed by atoms with Crippen LogP contribution in [-0.2, 0) is 16.0 Å². The van der Waals surface area contributed by atoms with Gasteiger partial charge in [0.1, 0.15) is 6.54 Å². The van der Waals surface area contributed by atoms with E-state index in [9.17, 15) is 9.59 Å². The van der Waals surface area contributed by atoms with Crippen molar-refractivity contribution in [3.8, 4) is 0 Å². The number of carboxylic acid groups (broad SMARTS) is 1. The summed E-state index contributed by atoms with van der Waals surface area (Å²) in [4.78, 5) is 24.1. The molecule has 110 valence electrons. The first-order valence-electron chi connectivity index (χ1n) is 6.37. The second-order valence-corrected chi connectivity index (χ2v) is 5.29. The molecule has 6 heteroatoms. The van der Waals surface area contributed by atoms with Crippen LogP contribution in [0.5, 0.6) is 0 Å². The Balaban J connectivity index is 2.62. The lowest BCUT2D eigenvalue weighted by Crippen LogP contribution is -2.36. The van der Waals surface area contributed by atoms with Crippen molar-refractivity contribution >= 4 is 35.1 Å². The lowest BCUT2D eigenvalue weighted by atomic mass is 10.1. The number of rotatable bonds is 7. The maximum atomic E-state index is 12.0. The molecule has 1 amide bonds. The van der Waals surface area contributed by atoms with Crippen LogP contribution in [0.3, 0.4) is 0 Å². The van der Waals surface area contributed by atoms with Crippen molar-refractivity contribution in [2.75, 3.05) is 13.1 Å². The summed E-state index contributed by atoms with van der Waals surface area (Å²) in [6.45, 7) is 2.08. The number of amides is 1. The van der Waals surface area contributed by atoms with E-state index >= 15 is 0 Å². The number of aliphatic carboxylic acids is 1. The highest BCUT2D eigenvalue weighted by molar-refractivity contribution is 6.35. The predicted molar refractivity (Wildman–Crippen MR) is 79.3 cm³/mol. The van der Waals surface area contributed by atoms with E-state index in [1.54, 1.807) is 18.2 Å². The highest BCUT2D eigenvalue weighted by Gasteiger charge is 2.16. The SMILES string of the molecule is CCCN(CC(=O)O)C(=O)CCc1ccc(Cl)cc1Cl. The van der Waals surface area contributed by atoms with Crippen molar-refractivity contribution in [1.29, 1.82) is 0 Å². The second kappa shape index (κ2) is 8.12. The zero-order valence-corrected chi connectivity index (χ0v) is 12.7. The number of halogens is 2. The van der Waals surface area contributed by atoms with Gasteiger partial charge in [-0.2, -0.15) is 0 Å². The normalized spacial score (nSPS) is 10.3. The smallest absolute Gasteiger partial charge is 0.323 e. The van der Waals surface area contributed by atoms with Crippen LogP contribution >= 0.6 is 23.2 Å². The number of carboxylic acids is 1. The van der Waals surface area contributed by atoms with Gasteiger partial charge in [0.15, 0.2) is 0 Å². The van der Waals surface area contributed by atoms with E-state index in [0.29, 0.717) is 23.0 Å². The third kappa shape index (κ3) is 5.39. The van der Waals surface area contributed by atoms with Gasteiger partial charge in [0, 0.05) is 23.0 Å². The van der Waals surface area contributed by atoms with E-state index < -0.39 is 5.97 Å². The molecule has 1 N–H and O–H groups in total. The molecule has 0 fully saturated rings. The Morgan fingerprint density at radius 1 is 1.30 bits per heavy atom. The van der Waals surface area contributed by atoms with Crippen molar-refractivity contribution in [3.05, 3.63) is 33.8 Å². The third-order valence-electron chi connectivity index (χ3n) is 2.80. The minimum atomic E-state index is -1.00. The summed E-state index contributed by atoms with van der Waals surface area (Å²) in [6.07, 6.45) is 1.42. The Hall–Kier alpha value is -1.26. The van der Waals surface area contributed by atoms with Crippen LogP contribution in [-0.4, -0.2) is 35.0 Å². The predicted octanol–water partition coefficient (Wildman–Crippen LogP) is 3.25. The summed E-state index contributed by atoms with van der Waals surface area (Å²) in [7, 11) is 0. The number of hydrogen-bond donors (Lipinski definition) is 1. The van der Waals surface area contributed by atoms with Crippen molar-refractivity contribution in [2.24, 2.45) is 0 Å². The fraction of sp³-hybridized carbons (Fsp3) is 0.429. The molecule has 0 unspecified atom stereocenters. The number of benzene rings is 1. The van der Waals surface area contributed by atoms with Gasteiger partial charge in [0.2, 0.25) is 5.91 Å². The molecule has 0 atom stereocenters. The molecule has 1 aromatic rings. The highest BCUT2D eigenvalue weighted by Crippen LogP contribution is 2.22. The van der Waals surface area contributed by atoms with E-state index in [0.717, 1.165) is 12.0 Å². The largest absolute Gasteiger partial charge is 0.480 e. The van der Waals surface area contributed by atoms with Crippen LogP contribution < -0.4 is 0 Å². The van der Waals surface area contributed by atoms with E-state index in [2.05, 4.69) is 0 Å². The lowest BCUT2D eigenvalue weighted by Gasteiger charge is -2.20. The minimum Gasteiger partial charge on any atom is -0.480 e. The van der Waals surface area contributed by atoms with E-state index in [1.807, 2.05) is 6.92 Å². The number of nitrogens with zero attached hydrogens (tertiary/aromatic N) is 1. The van der Waals surface area contributed by atoms with Gasteiger partial charge in [-0.15, -0.1) is 0 Å². The Kier molecular flexibility index (Phi) is 6.82. The Morgan fingerprint density at radius 2 is 2.00 bits per heavy atom. The van der Waals surface area contributed by atoms with Gasteiger partial charge in [-0.25, -0.2) is 0 Å². The van der Waals surface area contributed by atoms with Crippen LogP contribution in [0, 0.1) is 0 Å². The summed E-state index contributed by atoms with van der Waals surface area (Å²) in [5.74, 6) is -1.18. The molecule has 1 aromatic carbocycles. The van der Waals surface area contributed by atoms with Gasteiger partial charge in [-0.05, 0) is 30.5 Å². The molecule has 20 heavy (non-hydrogen) atoms. The molecule has 0 radical (unpaired) electrons. The quantitative estimate of drug-likeness (QED) is 0.839. The van der Waals surface area contributed by atoms with Gasteiger partial charge in [-0.3, -0.25) is 9.59 Å². The summed E-state index contributed by atoms with van der Waals surface area (Å²) in [6, 6.07) is 5.12. The Labute approximate surface area is 128 Å². The molecule has 0 saturated carbocycles.